The van der Waals surface area contributed by atoms with Crippen LogP contribution in [0.1, 0.15) is 31.9 Å². The van der Waals surface area contributed by atoms with Gasteiger partial charge in [-0.05, 0) is 32.9 Å². The number of hydrogen-bond acceptors (Lipinski definition) is 4. The number of hydrogen-bond donors (Lipinski definition) is 0. The summed E-state index contributed by atoms with van der Waals surface area (Å²) in [6.45, 7) is 5.91. The van der Waals surface area contributed by atoms with Crippen molar-refractivity contribution < 1.29 is 9.21 Å². The molecule has 2 heterocycles. The molecule has 2 aromatic heterocycles. The molecule has 0 saturated heterocycles. The molecule has 0 fully saturated rings. The predicted octanol–water partition coefficient (Wildman–Crippen LogP) is 4.42. The molecule has 0 atom stereocenters. The highest BCUT2D eigenvalue weighted by atomic mass is 16.4. The number of carbonyl (C=O) groups excluding carboxylic acids is 1. The smallest absolute Gasteiger partial charge is 0.227 e. The van der Waals surface area contributed by atoms with Crippen molar-refractivity contribution in [1.29, 1.82) is 0 Å². The maximum Gasteiger partial charge on any atom is 0.227 e. The van der Waals surface area contributed by atoms with E-state index in [0.717, 1.165) is 22.7 Å². The molecule has 5 heteroatoms. The number of pyridine rings is 1. The Labute approximate surface area is 153 Å². The number of benzene rings is 1. The fraction of sp³-hybridized carbons (Fsp3) is 0.286. The van der Waals surface area contributed by atoms with Crippen molar-refractivity contribution in [2.75, 3.05) is 4.90 Å². The van der Waals surface area contributed by atoms with Crippen LogP contribution in [0.5, 0.6) is 0 Å². The number of oxazole rings is 1. The summed E-state index contributed by atoms with van der Waals surface area (Å²) in [7, 11) is 0. The highest BCUT2D eigenvalue weighted by molar-refractivity contribution is 5.93. The Morgan fingerprint density at radius 3 is 2.58 bits per heavy atom. The molecule has 5 nitrogen and oxygen atoms in total. The number of aromatic nitrogens is 2. The molecule has 1 aromatic carbocycles. The topological polar surface area (TPSA) is 59.2 Å². The van der Waals surface area contributed by atoms with Crippen LogP contribution in [0.25, 0.3) is 11.3 Å². The van der Waals surface area contributed by atoms with Gasteiger partial charge in [-0.2, -0.15) is 0 Å². The molecular weight excluding hydrogens is 326 g/mol. The van der Waals surface area contributed by atoms with Gasteiger partial charge in [-0.3, -0.25) is 9.78 Å². The number of anilines is 1. The maximum absolute atomic E-state index is 12.7. The lowest BCUT2D eigenvalue weighted by Crippen LogP contribution is -2.37. The van der Waals surface area contributed by atoms with E-state index < -0.39 is 0 Å². The van der Waals surface area contributed by atoms with Crippen molar-refractivity contribution in [3.63, 3.8) is 0 Å². The molecule has 26 heavy (non-hydrogen) atoms. The Morgan fingerprint density at radius 2 is 1.92 bits per heavy atom. The molecule has 3 rings (SSSR count). The number of nitrogens with zero attached hydrogens (tertiary/aromatic N) is 3. The van der Waals surface area contributed by atoms with Gasteiger partial charge in [0, 0.05) is 30.6 Å². The lowest BCUT2D eigenvalue weighted by atomic mass is 10.1. The zero-order valence-electron chi connectivity index (χ0n) is 15.3. The Balaban J connectivity index is 1.71. The van der Waals surface area contributed by atoms with Crippen LogP contribution in [-0.4, -0.2) is 21.9 Å². The largest absolute Gasteiger partial charge is 0.440 e. The summed E-state index contributed by atoms with van der Waals surface area (Å²) in [5, 5.41) is 0. The number of aryl methyl sites for hydroxylation is 2. The Bertz CT molecular complexity index is 857. The Hall–Kier alpha value is -2.95. The number of carbonyl (C=O) groups is 1. The zero-order valence-corrected chi connectivity index (χ0v) is 15.3. The fourth-order valence-electron chi connectivity index (χ4n) is 2.98. The van der Waals surface area contributed by atoms with Crippen LogP contribution in [0.4, 0.5) is 5.69 Å². The van der Waals surface area contributed by atoms with Crippen LogP contribution < -0.4 is 4.90 Å². The van der Waals surface area contributed by atoms with Crippen molar-refractivity contribution in [1.82, 2.24) is 9.97 Å². The van der Waals surface area contributed by atoms with E-state index >= 15 is 0 Å². The third-order valence-corrected chi connectivity index (χ3v) is 4.14. The van der Waals surface area contributed by atoms with Crippen LogP contribution in [0.3, 0.4) is 0 Å². The van der Waals surface area contributed by atoms with Gasteiger partial charge in [-0.15, -0.1) is 0 Å². The summed E-state index contributed by atoms with van der Waals surface area (Å²) in [6, 6.07) is 13.7. The zero-order chi connectivity index (χ0) is 18.5. The molecule has 0 aliphatic heterocycles. The molecule has 0 aliphatic rings. The summed E-state index contributed by atoms with van der Waals surface area (Å²) < 4.78 is 5.90. The molecule has 0 bridgehead atoms. The standard InChI is InChI=1S/C21H23N3O2/c1-15(2)24(18-10-7-13-22-14-18)20(25)12-11-19-23-16(3)21(26-19)17-8-5-4-6-9-17/h4-10,13-15H,11-12H2,1-3H3. The lowest BCUT2D eigenvalue weighted by Gasteiger charge is -2.26. The Kier molecular flexibility index (Phi) is 5.46. The molecule has 3 aromatic rings. The monoisotopic (exact) mass is 349 g/mol. The number of amides is 1. The highest BCUT2D eigenvalue weighted by Crippen LogP contribution is 2.25. The minimum Gasteiger partial charge on any atom is -0.440 e. The van der Waals surface area contributed by atoms with Gasteiger partial charge in [-0.1, -0.05) is 30.3 Å². The first-order valence-electron chi connectivity index (χ1n) is 8.80. The number of rotatable bonds is 6. The van der Waals surface area contributed by atoms with E-state index in [0.29, 0.717) is 18.7 Å². The summed E-state index contributed by atoms with van der Waals surface area (Å²) in [5.41, 5.74) is 2.64. The molecule has 0 radical (unpaired) electrons. The third-order valence-electron chi connectivity index (χ3n) is 4.14. The molecule has 1 amide bonds. The second-order valence-electron chi connectivity index (χ2n) is 6.46. The molecule has 0 saturated carbocycles. The molecule has 0 N–H and O–H groups in total. The maximum atomic E-state index is 12.7. The minimum atomic E-state index is 0.0325. The van der Waals surface area contributed by atoms with Crippen molar-refractivity contribution >= 4 is 11.6 Å². The van der Waals surface area contributed by atoms with Gasteiger partial charge < -0.3 is 9.32 Å². The molecule has 0 unspecified atom stereocenters. The molecule has 134 valence electrons. The predicted molar refractivity (Wildman–Crippen MR) is 102 cm³/mol. The van der Waals surface area contributed by atoms with E-state index in [-0.39, 0.29) is 11.9 Å². The van der Waals surface area contributed by atoms with E-state index in [9.17, 15) is 4.79 Å². The van der Waals surface area contributed by atoms with Gasteiger partial charge in [-0.25, -0.2) is 4.98 Å². The van der Waals surface area contributed by atoms with Crippen molar-refractivity contribution in [3.8, 4) is 11.3 Å². The first-order valence-corrected chi connectivity index (χ1v) is 8.80. The van der Waals surface area contributed by atoms with E-state index in [1.54, 1.807) is 17.3 Å². The first-order chi connectivity index (χ1) is 12.6. The molecule has 0 spiro atoms. The summed E-state index contributed by atoms with van der Waals surface area (Å²) in [6.07, 6.45) is 4.21. The lowest BCUT2D eigenvalue weighted by molar-refractivity contribution is -0.119. The normalized spacial score (nSPS) is 10.9. The highest BCUT2D eigenvalue weighted by Gasteiger charge is 2.20. The third kappa shape index (κ3) is 3.99. The average Bonchev–Trinajstić information content (AvgIpc) is 3.02. The van der Waals surface area contributed by atoms with Crippen LogP contribution >= 0.6 is 0 Å². The average molecular weight is 349 g/mol. The van der Waals surface area contributed by atoms with Gasteiger partial charge in [0.25, 0.3) is 0 Å². The van der Waals surface area contributed by atoms with E-state index in [1.165, 1.54) is 0 Å². The second kappa shape index (κ2) is 7.95. The van der Waals surface area contributed by atoms with Gasteiger partial charge in [0.15, 0.2) is 11.7 Å². The summed E-state index contributed by atoms with van der Waals surface area (Å²) >= 11 is 0. The van der Waals surface area contributed by atoms with Gasteiger partial charge in [0.1, 0.15) is 0 Å². The van der Waals surface area contributed by atoms with E-state index in [2.05, 4.69) is 9.97 Å². The van der Waals surface area contributed by atoms with E-state index in [1.807, 2.05) is 63.2 Å². The van der Waals surface area contributed by atoms with Gasteiger partial charge >= 0.3 is 0 Å². The quantitative estimate of drug-likeness (QED) is 0.661. The minimum absolute atomic E-state index is 0.0325. The Morgan fingerprint density at radius 1 is 1.15 bits per heavy atom. The first kappa shape index (κ1) is 17.9. The summed E-state index contributed by atoms with van der Waals surface area (Å²) in [5.74, 6) is 1.38. The molecular formula is C21H23N3O2. The van der Waals surface area contributed by atoms with E-state index in [4.69, 9.17) is 4.42 Å². The van der Waals surface area contributed by atoms with Gasteiger partial charge in [0.2, 0.25) is 5.91 Å². The SMILES string of the molecule is Cc1nc(CCC(=O)N(c2cccnc2)C(C)C)oc1-c1ccccc1. The van der Waals surface area contributed by atoms with Crippen LogP contribution in [0.2, 0.25) is 0 Å². The summed E-state index contributed by atoms with van der Waals surface area (Å²) in [4.78, 5) is 23.1. The van der Waals surface area contributed by atoms with Crippen molar-refractivity contribution in [2.24, 2.45) is 0 Å². The van der Waals surface area contributed by atoms with Crippen LogP contribution in [0.15, 0.2) is 59.3 Å². The second-order valence-corrected chi connectivity index (χ2v) is 6.46. The molecule has 0 aliphatic carbocycles. The van der Waals surface area contributed by atoms with Crippen LogP contribution in [0, 0.1) is 6.92 Å². The van der Waals surface area contributed by atoms with Crippen LogP contribution in [-0.2, 0) is 11.2 Å². The van der Waals surface area contributed by atoms with Crippen molar-refractivity contribution in [2.45, 2.75) is 39.7 Å². The fourth-order valence-corrected chi connectivity index (χ4v) is 2.98. The van der Waals surface area contributed by atoms with Gasteiger partial charge in [0.05, 0.1) is 17.6 Å². The van der Waals surface area contributed by atoms with Crippen molar-refractivity contribution in [3.05, 3.63) is 66.4 Å².